The van der Waals surface area contributed by atoms with Crippen LogP contribution in [0.25, 0.3) is 0 Å². The maximum atomic E-state index is 10.8. The van der Waals surface area contributed by atoms with E-state index in [1.54, 1.807) is 38.1 Å². The van der Waals surface area contributed by atoms with Crippen molar-refractivity contribution in [1.82, 2.24) is 0 Å². The van der Waals surface area contributed by atoms with Gasteiger partial charge in [0.2, 0.25) is 0 Å². The van der Waals surface area contributed by atoms with Crippen LogP contribution >= 0.6 is 11.6 Å². The second-order valence-corrected chi connectivity index (χ2v) is 3.99. The van der Waals surface area contributed by atoms with Crippen LogP contribution in [0.4, 0.5) is 0 Å². The molecule has 1 aromatic rings. The molecule has 0 N–H and O–H groups in total. The van der Waals surface area contributed by atoms with E-state index in [1.165, 1.54) is 0 Å². The Morgan fingerprint density at radius 2 is 1.81 bits per heavy atom. The van der Waals surface area contributed by atoms with E-state index in [9.17, 15) is 9.90 Å². The van der Waals surface area contributed by atoms with Gasteiger partial charge in [0.1, 0.15) is 11.9 Å². The molecule has 82 valence electrons. The molecular weight excluding hydrogens is 239 g/mol. The quantitative estimate of drug-likeness (QED) is 0.611. The smallest absolute Gasteiger partial charge is 0.546 e. The number of aliphatic carboxylic acids is 1. The molecule has 16 heavy (non-hydrogen) atoms. The van der Waals surface area contributed by atoms with Crippen LogP contribution in [0, 0.1) is 5.92 Å². The maximum absolute atomic E-state index is 10.8. The van der Waals surface area contributed by atoms with Gasteiger partial charge in [-0.2, -0.15) is 0 Å². The molecule has 0 amide bonds. The molecule has 0 unspecified atom stereocenters. The Labute approximate surface area is 122 Å². The van der Waals surface area contributed by atoms with Crippen molar-refractivity contribution < 1.29 is 44.2 Å². The molecule has 1 aromatic carbocycles. The van der Waals surface area contributed by atoms with Gasteiger partial charge in [-0.3, -0.25) is 0 Å². The summed E-state index contributed by atoms with van der Waals surface area (Å²) in [6.45, 7) is 3.52. The van der Waals surface area contributed by atoms with Gasteiger partial charge in [-0.05, 0) is 30.2 Å². The number of carboxylic acid groups (broad SMARTS) is 1. The molecule has 0 aliphatic carbocycles. The normalized spacial score (nSPS) is 11.8. The van der Waals surface area contributed by atoms with E-state index < -0.39 is 12.1 Å². The zero-order valence-corrected chi connectivity index (χ0v) is 12.3. The molecule has 3 nitrogen and oxygen atoms in total. The van der Waals surface area contributed by atoms with Gasteiger partial charge < -0.3 is 14.6 Å². The van der Waals surface area contributed by atoms with Crippen LogP contribution in [-0.2, 0) is 4.79 Å². The standard InChI is InChI=1S/C11H13ClO3.Na/c1-7(2)10(11(13)14)15-9-5-3-8(12)4-6-9;/h3-7,10H,1-2H3,(H,13,14);/q;+1/p-1/t10-;/m0./s1. The van der Waals surface area contributed by atoms with Gasteiger partial charge in [-0.15, -0.1) is 0 Å². The first kappa shape index (κ1) is 15.8. The molecule has 0 aliphatic rings. The van der Waals surface area contributed by atoms with Gasteiger partial charge in [-0.1, -0.05) is 25.4 Å². The summed E-state index contributed by atoms with van der Waals surface area (Å²) < 4.78 is 5.27. The van der Waals surface area contributed by atoms with Crippen molar-refractivity contribution in [3.8, 4) is 5.75 Å². The molecule has 0 heterocycles. The maximum Gasteiger partial charge on any atom is 1.00 e. The van der Waals surface area contributed by atoms with Gasteiger partial charge >= 0.3 is 29.6 Å². The molecule has 1 rings (SSSR count). The predicted molar refractivity (Wildman–Crippen MR) is 55.7 cm³/mol. The monoisotopic (exact) mass is 250 g/mol. The van der Waals surface area contributed by atoms with Gasteiger partial charge in [0, 0.05) is 5.02 Å². The Morgan fingerprint density at radius 3 is 2.19 bits per heavy atom. The van der Waals surface area contributed by atoms with E-state index in [-0.39, 0.29) is 35.5 Å². The molecule has 5 heteroatoms. The number of carbonyl (C=O) groups excluding carboxylic acids is 1. The molecule has 0 radical (unpaired) electrons. The van der Waals surface area contributed by atoms with Gasteiger partial charge in [0.15, 0.2) is 0 Å². The second kappa shape index (κ2) is 7.17. The molecule has 0 bridgehead atoms. The SMILES string of the molecule is CC(C)[C@H](Oc1ccc(Cl)cc1)C(=O)[O-].[Na+]. The fraction of sp³-hybridized carbons (Fsp3) is 0.364. The van der Waals surface area contributed by atoms with Crippen molar-refractivity contribution in [2.24, 2.45) is 5.92 Å². The van der Waals surface area contributed by atoms with Crippen molar-refractivity contribution in [2.45, 2.75) is 20.0 Å². The van der Waals surface area contributed by atoms with E-state index in [0.29, 0.717) is 10.8 Å². The topological polar surface area (TPSA) is 49.4 Å². The van der Waals surface area contributed by atoms with Crippen molar-refractivity contribution in [1.29, 1.82) is 0 Å². The molecule has 0 aromatic heterocycles. The van der Waals surface area contributed by atoms with Crippen molar-refractivity contribution in [2.75, 3.05) is 0 Å². The number of carbonyl (C=O) groups is 1. The first-order valence-corrected chi connectivity index (χ1v) is 5.01. The first-order valence-electron chi connectivity index (χ1n) is 4.64. The molecular formula is C11H12ClNaO3. The van der Waals surface area contributed by atoms with Crippen molar-refractivity contribution in [3.63, 3.8) is 0 Å². The van der Waals surface area contributed by atoms with Crippen molar-refractivity contribution >= 4 is 17.6 Å². The Bertz CT molecular complexity index is 338. The van der Waals surface area contributed by atoms with Crippen LogP contribution in [0.3, 0.4) is 0 Å². The van der Waals surface area contributed by atoms with Crippen LogP contribution < -0.4 is 39.4 Å². The van der Waals surface area contributed by atoms with Gasteiger partial charge in [0.25, 0.3) is 0 Å². The minimum absolute atomic E-state index is 0. The summed E-state index contributed by atoms with van der Waals surface area (Å²) in [4.78, 5) is 10.8. The van der Waals surface area contributed by atoms with Crippen LogP contribution in [-0.4, -0.2) is 12.1 Å². The number of benzene rings is 1. The summed E-state index contributed by atoms with van der Waals surface area (Å²) in [5.41, 5.74) is 0. The van der Waals surface area contributed by atoms with Crippen LogP contribution in [0.1, 0.15) is 13.8 Å². The Hall–Kier alpha value is -0.220. The summed E-state index contributed by atoms with van der Waals surface area (Å²) in [5, 5.41) is 11.3. The summed E-state index contributed by atoms with van der Waals surface area (Å²) >= 11 is 5.69. The number of hydrogen-bond acceptors (Lipinski definition) is 3. The minimum atomic E-state index is -1.21. The number of halogens is 1. The van der Waals surface area contributed by atoms with Gasteiger partial charge in [0.05, 0.1) is 5.97 Å². The fourth-order valence-corrected chi connectivity index (χ4v) is 1.24. The molecule has 0 saturated carbocycles. The Morgan fingerprint density at radius 1 is 1.31 bits per heavy atom. The Balaban J connectivity index is 0.00000225. The van der Waals surface area contributed by atoms with E-state index in [0.717, 1.165) is 0 Å². The Kier molecular flexibility index (Phi) is 7.07. The largest absolute Gasteiger partial charge is 1.00 e. The summed E-state index contributed by atoms with van der Waals surface area (Å²) in [6.07, 6.45) is -0.939. The molecule has 1 atom stereocenters. The molecule has 0 fully saturated rings. The molecule has 0 aliphatic heterocycles. The number of hydrogen-bond donors (Lipinski definition) is 0. The van der Waals surface area contributed by atoms with Crippen LogP contribution in [0.15, 0.2) is 24.3 Å². The van der Waals surface area contributed by atoms with Crippen LogP contribution in [0.5, 0.6) is 5.75 Å². The van der Waals surface area contributed by atoms with Crippen LogP contribution in [0.2, 0.25) is 5.02 Å². The predicted octanol–water partition coefficient (Wildman–Crippen LogP) is -1.50. The average molecular weight is 251 g/mol. The summed E-state index contributed by atoms with van der Waals surface area (Å²) in [5.74, 6) is -0.882. The summed E-state index contributed by atoms with van der Waals surface area (Å²) in [6, 6.07) is 6.54. The third kappa shape index (κ3) is 4.74. The third-order valence-electron chi connectivity index (χ3n) is 1.91. The summed E-state index contributed by atoms with van der Waals surface area (Å²) in [7, 11) is 0. The molecule has 0 saturated heterocycles. The number of carboxylic acids is 1. The molecule has 0 spiro atoms. The fourth-order valence-electron chi connectivity index (χ4n) is 1.12. The van der Waals surface area contributed by atoms with E-state index >= 15 is 0 Å². The zero-order chi connectivity index (χ0) is 11.4. The number of rotatable bonds is 4. The second-order valence-electron chi connectivity index (χ2n) is 3.56. The van der Waals surface area contributed by atoms with E-state index in [1.807, 2.05) is 0 Å². The van der Waals surface area contributed by atoms with Crippen molar-refractivity contribution in [3.05, 3.63) is 29.3 Å². The average Bonchev–Trinajstić information content (AvgIpc) is 2.15. The zero-order valence-electron chi connectivity index (χ0n) is 9.57. The van der Waals surface area contributed by atoms with E-state index in [4.69, 9.17) is 16.3 Å². The van der Waals surface area contributed by atoms with Gasteiger partial charge in [-0.25, -0.2) is 0 Å². The third-order valence-corrected chi connectivity index (χ3v) is 2.17. The number of ether oxygens (including phenoxy) is 1. The minimum Gasteiger partial charge on any atom is -0.546 e. The first-order chi connectivity index (χ1) is 7.00. The van der Waals surface area contributed by atoms with E-state index in [2.05, 4.69) is 0 Å².